The number of carbonyl (C=O) groups is 1. The first kappa shape index (κ1) is 14.1. The van der Waals surface area contributed by atoms with E-state index in [4.69, 9.17) is 4.74 Å². The Morgan fingerprint density at radius 2 is 2.00 bits per heavy atom. The number of methoxy groups -OCH3 is 1. The van der Waals surface area contributed by atoms with Crippen molar-refractivity contribution < 1.29 is 9.53 Å². The number of anilines is 1. The van der Waals surface area contributed by atoms with Crippen LogP contribution in [0.2, 0.25) is 0 Å². The average Bonchev–Trinajstić information content (AvgIpc) is 3.11. The van der Waals surface area contributed by atoms with Crippen molar-refractivity contribution in [2.45, 2.75) is 18.4 Å². The highest BCUT2D eigenvalue weighted by Crippen LogP contribution is 2.46. The molecule has 116 valence electrons. The molecule has 0 unspecified atom stereocenters. The number of benzene rings is 2. The highest BCUT2D eigenvalue weighted by molar-refractivity contribution is 6.02. The van der Waals surface area contributed by atoms with Gasteiger partial charge in [0.25, 0.3) is 0 Å². The Morgan fingerprint density at radius 3 is 2.78 bits per heavy atom. The Labute approximate surface area is 136 Å². The lowest BCUT2D eigenvalue weighted by molar-refractivity contribution is 0.0945. The molecule has 4 rings (SSSR count). The number of ketones is 1. The van der Waals surface area contributed by atoms with Crippen LogP contribution in [-0.2, 0) is 0 Å². The second kappa shape index (κ2) is 5.58. The molecule has 0 radical (unpaired) electrons. The third-order valence-corrected chi connectivity index (χ3v) is 4.91. The van der Waals surface area contributed by atoms with E-state index in [0.717, 1.165) is 23.4 Å². The second-order valence-electron chi connectivity index (χ2n) is 6.15. The number of carbonyl (C=O) groups excluding carboxylic acids is 1. The van der Waals surface area contributed by atoms with Crippen molar-refractivity contribution in [1.82, 2.24) is 0 Å². The van der Waals surface area contributed by atoms with E-state index in [1.165, 1.54) is 5.56 Å². The zero-order chi connectivity index (χ0) is 15.8. The molecule has 0 amide bonds. The zero-order valence-electron chi connectivity index (χ0n) is 13.0. The summed E-state index contributed by atoms with van der Waals surface area (Å²) in [5.41, 5.74) is 3.06. The number of allylic oxidation sites excluding steroid dienone is 1. The molecule has 0 saturated heterocycles. The summed E-state index contributed by atoms with van der Waals surface area (Å²) in [4.78, 5) is 13.0. The van der Waals surface area contributed by atoms with Crippen LogP contribution in [0.25, 0.3) is 0 Å². The number of hydrogen-bond donors (Lipinski definition) is 1. The fraction of sp³-hybridized carbons (Fsp3) is 0.250. The molecular weight excluding hydrogens is 286 g/mol. The molecule has 3 atom stereocenters. The summed E-state index contributed by atoms with van der Waals surface area (Å²) in [6.07, 6.45) is 5.35. The van der Waals surface area contributed by atoms with Crippen molar-refractivity contribution in [2.75, 3.05) is 12.4 Å². The maximum absolute atomic E-state index is 13.0. The number of rotatable bonds is 3. The van der Waals surface area contributed by atoms with E-state index < -0.39 is 0 Å². The fourth-order valence-corrected chi connectivity index (χ4v) is 3.74. The minimum Gasteiger partial charge on any atom is -0.497 e. The highest BCUT2D eigenvalue weighted by Gasteiger charge is 2.40. The summed E-state index contributed by atoms with van der Waals surface area (Å²) >= 11 is 0. The molecule has 2 aliphatic rings. The normalized spacial score (nSPS) is 24.5. The van der Waals surface area contributed by atoms with E-state index >= 15 is 0 Å². The maximum Gasteiger partial charge on any atom is 0.185 e. The van der Waals surface area contributed by atoms with Gasteiger partial charge in [0.05, 0.1) is 13.2 Å². The van der Waals surface area contributed by atoms with Crippen LogP contribution < -0.4 is 10.1 Å². The Kier molecular flexibility index (Phi) is 3.41. The third kappa shape index (κ3) is 2.33. The van der Waals surface area contributed by atoms with Crippen molar-refractivity contribution in [2.24, 2.45) is 5.92 Å². The SMILES string of the molecule is COc1ccc2c(c1)[C@@H]1CC=C[C@@H]1[C@H](C(=O)c1ccccc1)N2. The summed E-state index contributed by atoms with van der Waals surface area (Å²) in [7, 11) is 1.68. The van der Waals surface area contributed by atoms with Gasteiger partial charge in [-0.2, -0.15) is 0 Å². The number of Topliss-reactive ketones (excluding diaryl/α,β-unsaturated/α-hetero) is 1. The van der Waals surface area contributed by atoms with Crippen molar-refractivity contribution >= 4 is 11.5 Å². The van der Waals surface area contributed by atoms with Gasteiger partial charge in [-0.3, -0.25) is 4.79 Å². The monoisotopic (exact) mass is 305 g/mol. The quantitative estimate of drug-likeness (QED) is 0.687. The minimum atomic E-state index is -0.206. The van der Waals surface area contributed by atoms with Crippen molar-refractivity contribution in [3.63, 3.8) is 0 Å². The van der Waals surface area contributed by atoms with E-state index in [1.54, 1.807) is 7.11 Å². The van der Waals surface area contributed by atoms with Gasteiger partial charge in [-0.1, -0.05) is 42.5 Å². The molecule has 2 aromatic rings. The third-order valence-electron chi connectivity index (χ3n) is 4.91. The molecule has 0 spiro atoms. The molecular formula is C20H19NO2. The lowest BCUT2D eigenvalue weighted by atomic mass is 9.77. The maximum atomic E-state index is 13.0. The van der Waals surface area contributed by atoms with Gasteiger partial charge >= 0.3 is 0 Å². The lowest BCUT2D eigenvalue weighted by Crippen LogP contribution is -2.41. The summed E-state index contributed by atoms with van der Waals surface area (Å²) in [5, 5.41) is 3.46. The van der Waals surface area contributed by atoms with Gasteiger partial charge in [0.2, 0.25) is 0 Å². The fourth-order valence-electron chi connectivity index (χ4n) is 3.74. The first-order chi connectivity index (χ1) is 11.3. The molecule has 3 heteroatoms. The van der Waals surface area contributed by atoms with Gasteiger partial charge in [0.15, 0.2) is 5.78 Å². The van der Waals surface area contributed by atoms with Crippen molar-refractivity contribution in [1.29, 1.82) is 0 Å². The van der Waals surface area contributed by atoms with Crippen LogP contribution in [0.15, 0.2) is 60.7 Å². The van der Waals surface area contributed by atoms with Gasteiger partial charge in [-0.15, -0.1) is 0 Å². The van der Waals surface area contributed by atoms with Gasteiger partial charge in [-0.25, -0.2) is 0 Å². The zero-order valence-corrected chi connectivity index (χ0v) is 13.0. The summed E-state index contributed by atoms with van der Waals surface area (Å²) < 4.78 is 5.36. The second-order valence-corrected chi connectivity index (χ2v) is 6.15. The number of ether oxygens (including phenoxy) is 1. The molecule has 2 aromatic carbocycles. The van der Waals surface area contributed by atoms with Crippen LogP contribution in [-0.4, -0.2) is 18.9 Å². The van der Waals surface area contributed by atoms with E-state index in [2.05, 4.69) is 23.5 Å². The largest absolute Gasteiger partial charge is 0.497 e. The average molecular weight is 305 g/mol. The number of fused-ring (bicyclic) bond motifs is 3. The predicted octanol–water partition coefficient (Wildman–Crippen LogP) is 4.03. The lowest BCUT2D eigenvalue weighted by Gasteiger charge is -2.36. The van der Waals surface area contributed by atoms with E-state index in [-0.39, 0.29) is 17.7 Å². The summed E-state index contributed by atoms with van der Waals surface area (Å²) in [5.74, 6) is 1.57. The molecule has 23 heavy (non-hydrogen) atoms. The first-order valence-electron chi connectivity index (χ1n) is 7.98. The Bertz CT molecular complexity index is 766. The van der Waals surface area contributed by atoms with Crippen molar-refractivity contribution in [3.8, 4) is 5.75 Å². The van der Waals surface area contributed by atoms with E-state index in [0.29, 0.717) is 5.92 Å². The van der Waals surface area contributed by atoms with Crippen LogP contribution in [0, 0.1) is 5.92 Å². The highest BCUT2D eigenvalue weighted by atomic mass is 16.5. The molecule has 0 saturated carbocycles. The van der Waals surface area contributed by atoms with Crippen LogP contribution in [0.5, 0.6) is 5.75 Å². The van der Waals surface area contributed by atoms with Gasteiger partial charge in [0, 0.05) is 17.2 Å². The molecule has 0 bridgehead atoms. The Hall–Kier alpha value is -2.55. The Morgan fingerprint density at radius 1 is 1.17 bits per heavy atom. The standard InChI is InChI=1S/C20H19NO2/c1-23-14-10-11-18-17(12-14)15-8-5-9-16(15)19(21-18)20(22)13-6-3-2-4-7-13/h2-7,9-12,15-16,19,21H,8H2,1H3/t15-,16+,19-/m1/s1. The van der Waals surface area contributed by atoms with Crippen molar-refractivity contribution in [3.05, 3.63) is 71.8 Å². The van der Waals surface area contributed by atoms with Gasteiger partial charge in [-0.05, 0) is 36.1 Å². The van der Waals surface area contributed by atoms with Gasteiger partial charge < -0.3 is 10.1 Å². The molecule has 1 aliphatic heterocycles. The number of hydrogen-bond acceptors (Lipinski definition) is 3. The molecule has 0 aromatic heterocycles. The van der Waals surface area contributed by atoms with E-state index in [1.807, 2.05) is 42.5 Å². The van der Waals surface area contributed by atoms with Crippen LogP contribution in [0.3, 0.4) is 0 Å². The summed E-state index contributed by atoms with van der Waals surface area (Å²) in [6, 6.07) is 15.4. The predicted molar refractivity (Wildman–Crippen MR) is 91.2 cm³/mol. The molecule has 3 nitrogen and oxygen atoms in total. The molecule has 1 heterocycles. The number of nitrogens with one attached hydrogen (secondary N) is 1. The van der Waals surface area contributed by atoms with E-state index in [9.17, 15) is 4.79 Å². The molecule has 1 aliphatic carbocycles. The topological polar surface area (TPSA) is 38.3 Å². The van der Waals surface area contributed by atoms with Crippen LogP contribution >= 0.6 is 0 Å². The smallest absolute Gasteiger partial charge is 0.185 e. The molecule has 1 N–H and O–H groups in total. The Balaban J connectivity index is 1.72. The first-order valence-corrected chi connectivity index (χ1v) is 7.98. The van der Waals surface area contributed by atoms with Crippen LogP contribution in [0.4, 0.5) is 5.69 Å². The van der Waals surface area contributed by atoms with Gasteiger partial charge in [0.1, 0.15) is 5.75 Å². The van der Waals surface area contributed by atoms with Crippen LogP contribution in [0.1, 0.15) is 28.3 Å². The minimum absolute atomic E-state index is 0.161. The summed E-state index contributed by atoms with van der Waals surface area (Å²) in [6.45, 7) is 0. The molecule has 0 fully saturated rings.